The lowest BCUT2D eigenvalue weighted by Crippen LogP contribution is -2.49. The van der Waals surface area contributed by atoms with Gasteiger partial charge in [-0.3, -0.25) is 4.79 Å². The number of methoxy groups -OCH3 is 1. The highest BCUT2D eigenvalue weighted by molar-refractivity contribution is 5.81. The van der Waals surface area contributed by atoms with Crippen LogP contribution in [0.25, 0.3) is 0 Å². The Kier molecular flexibility index (Phi) is 3.50. The van der Waals surface area contributed by atoms with Crippen LogP contribution in [0.4, 0.5) is 0 Å². The molecule has 2 aliphatic rings. The Morgan fingerprint density at radius 3 is 2.56 bits per heavy atom. The minimum absolute atomic E-state index is 0.158. The Morgan fingerprint density at radius 2 is 2.06 bits per heavy atom. The van der Waals surface area contributed by atoms with Crippen molar-refractivity contribution in [2.24, 2.45) is 0 Å². The quantitative estimate of drug-likeness (QED) is 0.734. The summed E-state index contributed by atoms with van der Waals surface area (Å²) in [5.74, 6) is -0.158. The largest absolute Gasteiger partial charge is 0.468 e. The minimum atomic E-state index is -0.511. The minimum Gasteiger partial charge on any atom is -0.468 e. The van der Waals surface area contributed by atoms with Crippen molar-refractivity contribution in [1.29, 1.82) is 0 Å². The second kappa shape index (κ2) is 4.72. The molecule has 2 rings (SSSR count). The number of hydrogen-bond donors (Lipinski definition) is 1. The predicted octanol–water partition coefficient (Wildman–Crippen LogP) is 1.24. The van der Waals surface area contributed by atoms with E-state index in [0.717, 1.165) is 19.3 Å². The highest BCUT2D eigenvalue weighted by Crippen LogP contribution is 2.35. The molecule has 0 saturated heterocycles. The fourth-order valence-corrected chi connectivity index (χ4v) is 2.61. The van der Waals surface area contributed by atoms with Crippen LogP contribution in [0.15, 0.2) is 0 Å². The van der Waals surface area contributed by atoms with Crippen LogP contribution in [-0.2, 0) is 14.3 Å². The predicted molar refractivity (Wildman–Crippen MR) is 60.2 cm³/mol. The lowest BCUT2D eigenvalue weighted by atomic mass is 9.95. The first kappa shape index (κ1) is 11.9. The van der Waals surface area contributed by atoms with E-state index in [-0.39, 0.29) is 12.1 Å². The third-order valence-electron chi connectivity index (χ3n) is 3.96. The van der Waals surface area contributed by atoms with Gasteiger partial charge in [-0.1, -0.05) is 0 Å². The van der Waals surface area contributed by atoms with E-state index in [9.17, 15) is 4.79 Å². The Hall–Kier alpha value is -0.610. The van der Waals surface area contributed by atoms with E-state index in [1.165, 1.54) is 26.4 Å². The van der Waals surface area contributed by atoms with Crippen LogP contribution in [-0.4, -0.2) is 37.9 Å². The Morgan fingerprint density at radius 1 is 1.31 bits per heavy atom. The van der Waals surface area contributed by atoms with Gasteiger partial charge in [-0.15, -0.1) is 0 Å². The number of carbonyl (C=O) groups excluding carboxylic acids is 1. The lowest BCUT2D eigenvalue weighted by Gasteiger charge is -2.30. The van der Waals surface area contributed by atoms with Crippen molar-refractivity contribution < 1.29 is 14.3 Å². The maximum Gasteiger partial charge on any atom is 0.326 e. The van der Waals surface area contributed by atoms with E-state index in [4.69, 9.17) is 9.47 Å². The topological polar surface area (TPSA) is 47.6 Å². The number of esters is 1. The average Bonchev–Trinajstić information content (AvgIpc) is 2.67. The molecule has 0 aromatic heterocycles. The van der Waals surface area contributed by atoms with Gasteiger partial charge in [-0.05, 0) is 39.2 Å². The van der Waals surface area contributed by atoms with Gasteiger partial charge in [0.25, 0.3) is 0 Å². The van der Waals surface area contributed by atoms with E-state index < -0.39 is 5.54 Å². The fraction of sp³-hybridized carbons (Fsp3) is 0.917. The van der Waals surface area contributed by atoms with E-state index in [2.05, 4.69) is 5.32 Å². The van der Waals surface area contributed by atoms with Crippen molar-refractivity contribution in [3.63, 3.8) is 0 Å². The molecule has 0 radical (unpaired) electrons. The molecule has 92 valence electrons. The van der Waals surface area contributed by atoms with Gasteiger partial charge in [-0.2, -0.15) is 0 Å². The van der Waals surface area contributed by atoms with Crippen LogP contribution in [0, 0.1) is 0 Å². The molecule has 2 fully saturated rings. The summed E-state index contributed by atoms with van der Waals surface area (Å²) < 4.78 is 10.8. The molecule has 1 N–H and O–H groups in total. The van der Waals surface area contributed by atoms with Crippen LogP contribution in [0.2, 0.25) is 0 Å². The van der Waals surface area contributed by atoms with Crippen LogP contribution in [0.3, 0.4) is 0 Å². The molecule has 2 unspecified atom stereocenters. The summed E-state index contributed by atoms with van der Waals surface area (Å²) in [4.78, 5) is 11.7. The number of nitrogens with one attached hydrogen (secondary N) is 1. The average molecular weight is 227 g/mol. The highest BCUT2D eigenvalue weighted by Gasteiger charge is 2.46. The molecule has 2 atom stereocenters. The van der Waals surface area contributed by atoms with Gasteiger partial charge in [-0.25, -0.2) is 0 Å². The Bertz CT molecular complexity index is 265. The molecular weight excluding hydrogens is 206 g/mol. The van der Waals surface area contributed by atoms with Gasteiger partial charge < -0.3 is 14.8 Å². The van der Waals surface area contributed by atoms with Gasteiger partial charge >= 0.3 is 5.97 Å². The van der Waals surface area contributed by atoms with Crippen LogP contribution in [0.5, 0.6) is 0 Å². The van der Waals surface area contributed by atoms with Crippen molar-refractivity contribution in [2.75, 3.05) is 14.2 Å². The van der Waals surface area contributed by atoms with Crippen molar-refractivity contribution in [2.45, 2.75) is 56.3 Å². The first-order valence-corrected chi connectivity index (χ1v) is 6.13. The number of likely N-dealkylation sites (N-methyl/N-ethyl adjacent to an activating group) is 1. The second-order valence-electron chi connectivity index (χ2n) is 4.88. The van der Waals surface area contributed by atoms with E-state index in [1.54, 1.807) is 0 Å². The zero-order valence-electron chi connectivity index (χ0n) is 10.1. The van der Waals surface area contributed by atoms with Crippen molar-refractivity contribution in [1.82, 2.24) is 5.32 Å². The molecule has 4 nitrogen and oxygen atoms in total. The number of rotatable bonds is 4. The molecule has 0 heterocycles. The zero-order chi connectivity index (χ0) is 11.6. The third kappa shape index (κ3) is 2.09. The summed E-state index contributed by atoms with van der Waals surface area (Å²) in [5, 5.41) is 3.11. The summed E-state index contributed by atoms with van der Waals surface area (Å²) in [7, 11) is 3.27. The Balaban J connectivity index is 1.90. The molecule has 2 saturated carbocycles. The molecular formula is C12H21NO3. The molecule has 0 aromatic rings. The second-order valence-corrected chi connectivity index (χ2v) is 4.88. The van der Waals surface area contributed by atoms with Crippen molar-refractivity contribution in [3.8, 4) is 0 Å². The summed E-state index contributed by atoms with van der Waals surface area (Å²) in [5.41, 5.74) is -0.511. The first-order valence-electron chi connectivity index (χ1n) is 6.13. The summed E-state index contributed by atoms with van der Waals surface area (Å²) >= 11 is 0. The van der Waals surface area contributed by atoms with Crippen molar-refractivity contribution >= 4 is 5.97 Å². The monoisotopic (exact) mass is 227 g/mol. The van der Waals surface area contributed by atoms with Gasteiger partial charge in [0.15, 0.2) is 0 Å². The van der Waals surface area contributed by atoms with Gasteiger partial charge in [0.2, 0.25) is 0 Å². The zero-order valence-corrected chi connectivity index (χ0v) is 10.1. The summed E-state index contributed by atoms with van der Waals surface area (Å²) in [6, 6.07) is 0. The van der Waals surface area contributed by atoms with Crippen LogP contribution >= 0.6 is 0 Å². The fourth-order valence-electron chi connectivity index (χ4n) is 2.61. The number of carbonyl (C=O) groups is 1. The molecule has 4 heteroatoms. The summed E-state index contributed by atoms with van der Waals surface area (Å²) in [6.45, 7) is 0. The molecule has 0 bridgehead atoms. The maximum atomic E-state index is 11.7. The SMILES string of the molecule is CNC1(C(=O)OC)CCC(OC2CCC2)C1. The van der Waals surface area contributed by atoms with Crippen molar-refractivity contribution in [3.05, 3.63) is 0 Å². The number of ether oxygens (including phenoxy) is 2. The van der Waals surface area contributed by atoms with Crippen LogP contribution < -0.4 is 5.32 Å². The smallest absolute Gasteiger partial charge is 0.326 e. The van der Waals surface area contributed by atoms with E-state index in [0.29, 0.717) is 6.10 Å². The standard InChI is InChI=1S/C12H21NO3/c1-13-12(11(14)15-2)7-6-10(8-12)16-9-4-3-5-9/h9-10,13H,3-8H2,1-2H3. The highest BCUT2D eigenvalue weighted by atomic mass is 16.5. The molecule has 0 aromatic carbocycles. The van der Waals surface area contributed by atoms with Gasteiger partial charge in [0.05, 0.1) is 19.3 Å². The molecule has 0 aliphatic heterocycles. The lowest BCUT2D eigenvalue weighted by molar-refractivity contribution is -0.149. The van der Waals surface area contributed by atoms with E-state index >= 15 is 0 Å². The first-order chi connectivity index (χ1) is 7.70. The number of hydrogen-bond acceptors (Lipinski definition) is 4. The molecule has 2 aliphatic carbocycles. The molecule has 0 spiro atoms. The Labute approximate surface area is 96.7 Å². The van der Waals surface area contributed by atoms with Crippen LogP contribution in [0.1, 0.15) is 38.5 Å². The van der Waals surface area contributed by atoms with E-state index in [1.807, 2.05) is 7.05 Å². The third-order valence-corrected chi connectivity index (χ3v) is 3.96. The molecule has 16 heavy (non-hydrogen) atoms. The molecule has 0 amide bonds. The van der Waals surface area contributed by atoms with Gasteiger partial charge in [0, 0.05) is 6.42 Å². The van der Waals surface area contributed by atoms with Gasteiger partial charge in [0.1, 0.15) is 5.54 Å². The summed E-state index contributed by atoms with van der Waals surface area (Å²) in [6.07, 6.45) is 6.81. The maximum absolute atomic E-state index is 11.7. The normalized spacial score (nSPS) is 34.8.